The van der Waals surface area contributed by atoms with E-state index in [1.165, 1.54) is 11.2 Å². The number of aliphatic imine (C=N–C) groups is 1. The van der Waals surface area contributed by atoms with Crippen molar-refractivity contribution in [3.05, 3.63) is 0 Å². The second-order valence-corrected chi connectivity index (χ2v) is 9.77. The lowest BCUT2D eigenvalue weighted by molar-refractivity contribution is -0.121. The number of carbonyl (C=O) groups is 4. The topological polar surface area (TPSA) is 197 Å². The van der Waals surface area contributed by atoms with Crippen molar-refractivity contribution in [3.63, 3.8) is 0 Å². The van der Waals surface area contributed by atoms with Gasteiger partial charge in [-0.25, -0.2) is 20.2 Å². The highest BCUT2D eigenvalue weighted by atomic mass is 16.6. The zero-order valence-corrected chi connectivity index (χ0v) is 23.2. The Labute approximate surface area is 225 Å². The Kier molecular flexibility index (Phi) is 18.9. The number of nitrogens with one attached hydrogen (secondary N) is 4. The quantitative estimate of drug-likeness (QED) is 0.0352. The van der Waals surface area contributed by atoms with Gasteiger partial charge in [0.05, 0.1) is 19.6 Å². The molecule has 0 aromatic rings. The lowest BCUT2D eigenvalue weighted by Gasteiger charge is -2.28. The number of unbranched alkanes of at least 4 members (excludes halogenated alkanes) is 4. The van der Waals surface area contributed by atoms with Crippen LogP contribution in [-0.4, -0.2) is 85.1 Å². The molecule has 0 aromatic heterocycles. The first-order valence-electron chi connectivity index (χ1n) is 13.0. The Hall–Kier alpha value is -3.29. The number of hydrazine groups is 1. The summed E-state index contributed by atoms with van der Waals surface area (Å²) < 4.78 is 10.5. The zero-order valence-electron chi connectivity index (χ0n) is 23.2. The second kappa shape index (κ2) is 20.7. The van der Waals surface area contributed by atoms with E-state index in [2.05, 4.69) is 26.4 Å². The third kappa shape index (κ3) is 21.9. The lowest BCUT2D eigenvalue weighted by Crippen LogP contribution is -2.41. The number of nitrogens with zero attached hydrogens (tertiary/aromatic N) is 2. The summed E-state index contributed by atoms with van der Waals surface area (Å²) >= 11 is 0. The number of carbonyl (C=O) groups excluding carboxylic acids is 3. The fourth-order valence-electron chi connectivity index (χ4n) is 3.14. The van der Waals surface area contributed by atoms with Gasteiger partial charge in [0.25, 0.3) is 0 Å². The standard InChI is InChI=1S/C24H47N7O7/c1-19(30-21(33)34)12-15-31(23(36)38-24(2,3)4)14-9-10-16-37-22(35)28-18-27-20(32)11-7-5-6-8-13-26-17-29-25/h17,19,30H,5-16,18,25H2,1-4H3,(H,26,29)(H,27,32)(H,28,35)(H,33,34)/t19-/m1/s1. The van der Waals surface area contributed by atoms with E-state index in [0.29, 0.717) is 45.3 Å². The normalized spacial score (nSPS) is 11.9. The number of carboxylic acid groups (broad SMARTS) is 1. The number of nitrogens with two attached hydrogens (primary N) is 1. The van der Waals surface area contributed by atoms with Crippen molar-refractivity contribution in [2.24, 2.45) is 10.8 Å². The summed E-state index contributed by atoms with van der Waals surface area (Å²) in [5.41, 5.74) is 1.68. The molecule has 0 saturated heterocycles. The number of alkyl carbamates (subject to hydrolysis) is 1. The van der Waals surface area contributed by atoms with E-state index < -0.39 is 23.9 Å². The van der Waals surface area contributed by atoms with Crippen molar-refractivity contribution in [1.29, 1.82) is 0 Å². The van der Waals surface area contributed by atoms with Crippen LogP contribution in [0.25, 0.3) is 0 Å². The van der Waals surface area contributed by atoms with Gasteiger partial charge in [0.15, 0.2) is 0 Å². The molecular formula is C24H47N7O7. The maximum Gasteiger partial charge on any atom is 0.410 e. The van der Waals surface area contributed by atoms with Crippen LogP contribution in [0.5, 0.6) is 0 Å². The Morgan fingerprint density at radius 2 is 1.74 bits per heavy atom. The molecule has 0 saturated carbocycles. The van der Waals surface area contributed by atoms with Gasteiger partial charge in [0.2, 0.25) is 5.91 Å². The van der Waals surface area contributed by atoms with Crippen LogP contribution in [0.2, 0.25) is 0 Å². The van der Waals surface area contributed by atoms with Gasteiger partial charge >= 0.3 is 18.3 Å². The fraction of sp³-hybridized carbons (Fsp3) is 0.792. The van der Waals surface area contributed by atoms with Gasteiger partial charge in [-0.15, -0.1) is 0 Å². The third-order valence-corrected chi connectivity index (χ3v) is 5.03. The molecular weight excluding hydrogens is 498 g/mol. The molecule has 220 valence electrons. The smallest absolute Gasteiger partial charge is 0.410 e. The van der Waals surface area contributed by atoms with Gasteiger partial charge in [0, 0.05) is 32.1 Å². The number of ether oxygens (including phenoxy) is 2. The van der Waals surface area contributed by atoms with Crippen LogP contribution in [0.1, 0.15) is 79.1 Å². The van der Waals surface area contributed by atoms with E-state index >= 15 is 0 Å². The molecule has 38 heavy (non-hydrogen) atoms. The minimum absolute atomic E-state index is 0.0204. The van der Waals surface area contributed by atoms with Crippen LogP contribution in [0.3, 0.4) is 0 Å². The van der Waals surface area contributed by atoms with Gasteiger partial charge in [-0.3, -0.25) is 9.79 Å². The molecule has 0 radical (unpaired) electrons. The van der Waals surface area contributed by atoms with Crippen LogP contribution in [-0.2, 0) is 14.3 Å². The number of rotatable bonds is 19. The van der Waals surface area contributed by atoms with E-state index in [0.717, 1.165) is 25.7 Å². The fourth-order valence-corrected chi connectivity index (χ4v) is 3.14. The van der Waals surface area contributed by atoms with E-state index in [1.54, 1.807) is 27.7 Å². The van der Waals surface area contributed by atoms with Crippen molar-refractivity contribution in [2.75, 3.05) is 32.9 Å². The average molecular weight is 546 g/mol. The van der Waals surface area contributed by atoms with Gasteiger partial charge in [-0.05, 0) is 59.8 Å². The van der Waals surface area contributed by atoms with E-state index in [9.17, 15) is 19.2 Å². The van der Waals surface area contributed by atoms with Crippen molar-refractivity contribution < 1.29 is 33.8 Å². The zero-order chi connectivity index (χ0) is 28.8. The number of hydrogen-bond donors (Lipinski definition) is 6. The van der Waals surface area contributed by atoms with Gasteiger partial charge in [-0.2, -0.15) is 0 Å². The summed E-state index contributed by atoms with van der Waals surface area (Å²) in [7, 11) is 0. The Morgan fingerprint density at radius 3 is 2.39 bits per heavy atom. The predicted octanol–water partition coefficient (Wildman–Crippen LogP) is 2.29. The van der Waals surface area contributed by atoms with E-state index in [4.69, 9.17) is 20.4 Å². The molecule has 0 rings (SSSR count). The summed E-state index contributed by atoms with van der Waals surface area (Å²) in [6.07, 6.45) is 4.64. The summed E-state index contributed by atoms with van der Waals surface area (Å²) in [6.45, 7) is 8.54. The predicted molar refractivity (Wildman–Crippen MR) is 144 cm³/mol. The molecule has 0 fully saturated rings. The highest BCUT2D eigenvalue weighted by Gasteiger charge is 2.22. The van der Waals surface area contributed by atoms with Crippen molar-refractivity contribution in [2.45, 2.75) is 90.7 Å². The number of amides is 4. The molecule has 14 nitrogen and oxygen atoms in total. The van der Waals surface area contributed by atoms with Crippen LogP contribution in [0, 0.1) is 0 Å². The van der Waals surface area contributed by atoms with Crippen LogP contribution < -0.4 is 27.2 Å². The molecule has 14 heteroatoms. The first-order valence-corrected chi connectivity index (χ1v) is 13.0. The minimum Gasteiger partial charge on any atom is -0.465 e. The molecule has 7 N–H and O–H groups in total. The lowest BCUT2D eigenvalue weighted by atomic mass is 10.1. The molecule has 0 aromatic carbocycles. The largest absolute Gasteiger partial charge is 0.465 e. The SMILES string of the molecule is C[C@H](CCN(CCCCOC(=O)NCNC(=O)CCCCCCN=CNN)C(=O)OC(C)(C)C)NC(=O)O. The maximum absolute atomic E-state index is 12.5. The summed E-state index contributed by atoms with van der Waals surface area (Å²) in [4.78, 5) is 52.5. The van der Waals surface area contributed by atoms with Crippen LogP contribution >= 0.6 is 0 Å². The van der Waals surface area contributed by atoms with Crippen molar-refractivity contribution >= 4 is 30.5 Å². The number of hydrogen-bond acceptors (Lipinski definition) is 8. The minimum atomic E-state index is -1.12. The molecule has 4 amide bonds. The monoisotopic (exact) mass is 545 g/mol. The second-order valence-electron chi connectivity index (χ2n) is 9.77. The van der Waals surface area contributed by atoms with Crippen molar-refractivity contribution in [3.8, 4) is 0 Å². The van der Waals surface area contributed by atoms with Crippen LogP contribution in [0.15, 0.2) is 4.99 Å². The van der Waals surface area contributed by atoms with Crippen molar-refractivity contribution in [1.82, 2.24) is 26.3 Å². The molecule has 0 heterocycles. The van der Waals surface area contributed by atoms with Gasteiger partial charge < -0.3 is 40.9 Å². The first-order chi connectivity index (χ1) is 17.9. The summed E-state index contributed by atoms with van der Waals surface area (Å²) in [6, 6.07) is -0.324. The summed E-state index contributed by atoms with van der Waals surface area (Å²) in [5, 5.41) is 16.3. The molecule has 0 aliphatic rings. The molecule has 0 unspecified atom stereocenters. The molecule has 0 aliphatic heterocycles. The van der Waals surface area contributed by atoms with E-state index in [-0.39, 0.29) is 25.2 Å². The average Bonchev–Trinajstić information content (AvgIpc) is 2.80. The maximum atomic E-state index is 12.5. The highest BCUT2D eigenvalue weighted by molar-refractivity contribution is 5.76. The Balaban J connectivity index is 4.09. The molecule has 0 bridgehead atoms. The molecule has 0 spiro atoms. The molecule has 1 atom stereocenters. The third-order valence-electron chi connectivity index (χ3n) is 5.03. The van der Waals surface area contributed by atoms with Gasteiger partial charge in [-0.1, -0.05) is 12.8 Å². The highest BCUT2D eigenvalue weighted by Crippen LogP contribution is 2.12. The van der Waals surface area contributed by atoms with Gasteiger partial charge in [0.1, 0.15) is 5.60 Å². The molecule has 0 aliphatic carbocycles. The van der Waals surface area contributed by atoms with Crippen LogP contribution in [0.4, 0.5) is 14.4 Å². The van der Waals surface area contributed by atoms with E-state index in [1.807, 2.05) is 0 Å². The summed E-state index contributed by atoms with van der Waals surface area (Å²) in [5.74, 6) is 4.92. The Morgan fingerprint density at radius 1 is 1.03 bits per heavy atom. The first kappa shape index (κ1) is 34.7. The Bertz CT molecular complexity index is 729.